The second-order valence-electron chi connectivity index (χ2n) is 2.61. The average Bonchev–Trinajstić information content (AvgIpc) is 2.47. The van der Waals surface area contributed by atoms with E-state index in [1.54, 1.807) is 0 Å². The number of hydroxylamine groups is 2. The zero-order valence-electron chi connectivity index (χ0n) is 7.99. The smallest absolute Gasteiger partial charge is 0.328 e. The van der Waals surface area contributed by atoms with Crippen LogP contribution in [0.2, 0.25) is 0 Å². The molecule has 16 heavy (non-hydrogen) atoms. The molecule has 1 saturated heterocycles. The summed E-state index contributed by atoms with van der Waals surface area (Å²) in [6, 6.07) is 0. The van der Waals surface area contributed by atoms with Crippen LogP contribution < -0.4 is 0 Å². The van der Waals surface area contributed by atoms with Crippen molar-refractivity contribution >= 4 is 23.8 Å². The topological polar surface area (TPSA) is 132 Å². The van der Waals surface area contributed by atoms with E-state index in [0.29, 0.717) is 12.2 Å². The molecule has 0 aromatic heterocycles. The van der Waals surface area contributed by atoms with Gasteiger partial charge in [0.05, 0.1) is 0 Å². The van der Waals surface area contributed by atoms with E-state index in [-0.39, 0.29) is 17.9 Å². The molecule has 0 saturated carbocycles. The summed E-state index contributed by atoms with van der Waals surface area (Å²) in [7, 11) is 0. The predicted molar refractivity (Wildman–Crippen MR) is 47.3 cm³/mol. The maximum absolute atomic E-state index is 10.2. The van der Waals surface area contributed by atoms with Crippen LogP contribution in [0.4, 0.5) is 0 Å². The van der Waals surface area contributed by atoms with E-state index in [0.717, 1.165) is 0 Å². The van der Waals surface area contributed by atoms with Crippen molar-refractivity contribution in [2.24, 2.45) is 0 Å². The van der Waals surface area contributed by atoms with E-state index >= 15 is 0 Å². The second kappa shape index (κ2) is 6.30. The van der Waals surface area contributed by atoms with Gasteiger partial charge in [0.15, 0.2) is 0 Å². The molecule has 1 aliphatic rings. The standard InChI is InChI=1S/C4H5NO3.C4H4O4/c6-3-1-2-4(7)5(3)8;5-3(6)1-2-4(7)8/h8H,1-2H2;1-2H,(H,5,6)(H,7,8)/b;2-1-. The number of imide groups is 1. The van der Waals surface area contributed by atoms with Crippen LogP contribution in [0.25, 0.3) is 0 Å². The van der Waals surface area contributed by atoms with Crippen molar-refractivity contribution in [2.75, 3.05) is 0 Å². The third-order valence-electron chi connectivity index (χ3n) is 1.39. The Labute approximate surface area is 89.3 Å². The van der Waals surface area contributed by atoms with Gasteiger partial charge in [-0.3, -0.25) is 14.8 Å². The summed E-state index contributed by atoms with van der Waals surface area (Å²) in [5.74, 6) is -3.52. The molecule has 0 unspecified atom stereocenters. The largest absolute Gasteiger partial charge is 0.478 e. The van der Waals surface area contributed by atoms with Gasteiger partial charge in [-0.2, -0.15) is 5.06 Å². The monoisotopic (exact) mass is 231 g/mol. The van der Waals surface area contributed by atoms with E-state index in [1.807, 2.05) is 0 Å². The van der Waals surface area contributed by atoms with Crippen LogP contribution in [0.15, 0.2) is 12.2 Å². The average molecular weight is 231 g/mol. The van der Waals surface area contributed by atoms with Gasteiger partial charge < -0.3 is 10.2 Å². The van der Waals surface area contributed by atoms with Crippen molar-refractivity contribution in [3.8, 4) is 0 Å². The predicted octanol–water partition coefficient (Wildman–Crippen LogP) is -0.764. The lowest BCUT2D eigenvalue weighted by Crippen LogP contribution is -2.24. The Morgan fingerprint density at radius 3 is 1.44 bits per heavy atom. The Balaban J connectivity index is 0.000000281. The van der Waals surface area contributed by atoms with E-state index in [1.165, 1.54) is 0 Å². The van der Waals surface area contributed by atoms with Crippen molar-refractivity contribution < 1.29 is 34.6 Å². The lowest BCUT2D eigenvalue weighted by molar-refractivity contribution is -0.171. The van der Waals surface area contributed by atoms with Gasteiger partial charge in [-0.1, -0.05) is 0 Å². The molecule has 0 aromatic rings. The Hall–Kier alpha value is -2.22. The number of hydrogen-bond acceptors (Lipinski definition) is 5. The Bertz CT molecular complexity index is 314. The molecule has 8 heteroatoms. The minimum Gasteiger partial charge on any atom is -0.478 e. The minimum atomic E-state index is -1.26. The molecule has 0 radical (unpaired) electrons. The zero-order chi connectivity index (χ0) is 12.7. The number of rotatable bonds is 2. The first kappa shape index (κ1) is 13.8. The number of carbonyl (C=O) groups is 4. The van der Waals surface area contributed by atoms with E-state index in [2.05, 4.69) is 0 Å². The summed E-state index contributed by atoms with van der Waals surface area (Å²) in [4.78, 5) is 39.6. The van der Waals surface area contributed by atoms with Gasteiger partial charge in [0.2, 0.25) is 0 Å². The molecule has 88 valence electrons. The van der Waals surface area contributed by atoms with Crippen LogP contribution in [-0.2, 0) is 19.2 Å². The van der Waals surface area contributed by atoms with Crippen LogP contribution in [0.1, 0.15) is 12.8 Å². The Morgan fingerprint density at radius 1 is 1.00 bits per heavy atom. The SMILES string of the molecule is O=C(O)/C=C\C(=O)O.O=C1CCC(=O)N1O. The normalized spacial score (nSPS) is 14.9. The van der Waals surface area contributed by atoms with E-state index in [4.69, 9.17) is 15.4 Å². The molecule has 0 aliphatic carbocycles. The summed E-state index contributed by atoms with van der Waals surface area (Å²) in [5.41, 5.74) is 0. The number of carboxylic acid groups (broad SMARTS) is 2. The highest BCUT2D eigenvalue weighted by atomic mass is 16.5. The molecule has 2 amide bonds. The van der Waals surface area contributed by atoms with Crippen molar-refractivity contribution in [2.45, 2.75) is 12.8 Å². The van der Waals surface area contributed by atoms with Crippen LogP contribution in [0, 0.1) is 0 Å². The van der Waals surface area contributed by atoms with Crippen molar-refractivity contribution in [3.05, 3.63) is 12.2 Å². The van der Waals surface area contributed by atoms with Crippen molar-refractivity contribution in [1.29, 1.82) is 0 Å². The van der Waals surface area contributed by atoms with E-state index < -0.39 is 23.8 Å². The lowest BCUT2D eigenvalue weighted by Gasteiger charge is -1.98. The fraction of sp³-hybridized carbons (Fsp3) is 0.250. The van der Waals surface area contributed by atoms with Crippen LogP contribution >= 0.6 is 0 Å². The summed E-state index contributed by atoms with van der Waals surface area (Å²) < 4.78 is 0. The summed E-state index contributed by atoms with van der Waals surface area (Å²) in [5, 5.41) is 24.2. The van der Waals surface area contributed by atoms with Gasteiger partial charge in [-0.15, -0.1) is 0 Å². The molecule has 1 heterocycles. The molecule has 3 N–H and O–H groups in total. The molecule has 1 rings (SSSR count). The minimum absolute atomic E-state index is 0.148. The zero-order valence-corrected chi connectivity index (χ0v) is 7.99. The highest BCUT2D eigenvalue weighted by Gasteiger charge is 2.26. The number of nitrogens with zero attached hydrogens (tertiary/aromatic N) is 1. The molecule has 0 aromatic carbocycles. The highest BCUT2D eigenvalue weighted by Crippen LogP contribution is 2.06. The van der Waals surface area contributed by atoms with Gasteiger partial charge in [0.1, 0.15) is 0 Å². The molecule has 1 fully saturated rings. The second-order valence-corrected chi connectivity index (χ2v) is 2.61. The van der Waals surface area contributed by atoms with Crippen molar-refractivity contribution in [1.82, 2.24) is 5.06 Å². The van der Waals surface area contributed by atoms with Gasteiger partial charge in [-0.05, 0) is 0 Å². The maximum atomic E-state index is 10.2. The molecule has 8 nitrogen and oxygen atoms in total. The molecular formula is C8H9NO7. The molecule has 0 spiro atoms. The Kier molecular flexibility index (Phi) is 5.42. The van der Waals surface area contributed by atoms with Crippen molar-refractivity contribution in [3.63, 3.8) is 0 Å². The Morgan fingerprint density at radius 2 is 1.31 bits per heavy atom. The number of carbonyl (C=O) groups excluding carboxylic acids is 2. The molecule has 1 aliphatic heterocycles. The van der Waals surface area contributed by atoms with Gasteiger partial charge in [0, 0.05) is 25.0 Å². The third-order valence-corrected chi connectivity index (χ3v) is 1.39. The van der Waals surface area contributed by atoms with Crippen LogP contribution in [0.3, 0.4) is 0 Å². The van der Waals surface area contributed by atoms with Gasteiger partial charge in [0.25, 0.3) is 11.8 Å². The molecule has 0 atom stereocenters. The molecule has 0 bridgehead atoms. The van der Waals surface area contributed by atoms with Crippen LogP contribution in [0.5, 0.6) is 0 Å². The van der Waals surface area contributed by atoms with Gasteiger partial charge >= 0.3 is 11.9 Å². The van der Waals surface area contributed by atoms with Gasteiger partial charge in [-0.25, -0.2) is 9.59 Å². The number of hydrogen-bond donors (Lipinski definition) is 3. The third kappa shape index (κ3) is 5.50. The fourth-order valence-corrected chi connectivity index (χ4v) is 0.707. The quantitative estimate of drug-likeness (QED) is 0.323. The maximum Gasteiger partial charge on any atom is 0.328 e. The fourth-order valence-electron chi connectivity index (χ4n) is 0.707. The van der Waals surface area contributed by atoms with E-state index in [9.17, 15) is 19.2 Å². The lowest BCUT2D eigenvalue weighted by atomic mass is 10.4. The number of amides is 2. The first-order valence-corrected chi connectivity index (χ1v) is 4.03. The van der Waals surface area contributed by atoms with Crippen LogP contribution in [-0.4, -0.2) is 44.2 Å². The molecular weight excluding hydrogens is 222 g/mol. The highest BCUT2D eigenvalue weighted by molar-refractivity contribution is 6.00. The summed E-state index contributed by atoms with van der Waals surface area (Å²) >= 11 is 0. The first-order chi connectivity index (χ1) is 7.34. The first-order valence-electron chi connectivity index (χ1n) is 4.03. The summed E-state index contributed by atoms with van der Waals surface area (Å²) in [6.45, 7) is 0. The summed E-state index contributed by atoms with van der Waals surface area (Å²) in [6.07, 6.45) is 1.41. The number of aliphatic carboxylic acids is 2. The number of carboxylic acids is 2.